The Labute approximate surface area is 218 Å². The maximum Gasteiger partial charge on any atom is 0.338 e. The number of carbonyl (C=O) groups excluding carboxylic acids is 2. The maximum absolute atomic E-state index is 13.2. The molecule has 36 heavy (non-hydrogen) atoms. The quantitative estimate of drug-likeness (QED) is 0.287. The highest BCUT2D eigenvalue weighted by molar-refractivity contribution is 6.33. The fourth-order valence-electron chi connectivity index (χ4n) is 4.50. The standard InChI is InChI=1S/C28H37ClN2O5/c1-18(2)31(19(3)4)25(33)17-36-30-21-11-9-7-5-6-8-10-14-35-28(34)26-22(20-12-13-20)16-24(32)27(29)23(26)15-21/h6,8-9,11,16,18-20,32H,5,7,10,12-15,17H2,1-4H3/b8-6+,11-9+,30-21-. The van der Waals surface area contributed by atoms with Gasteiger partial charge in [-0.1, -0.05) is 35.0 Å². The third-order valence-corrected chi connectivity index (χ3v) is 6.64. The smallest absolute Gasteiger partial charge is 0.338 e. The van der Waals surface area contributed by atoms with Gasteiger partial charge in [0.1, 0.15) is 5.75 Å². The zero-order chi connectivity index (χ0) is 26.2. The number of aromatic hydroxyl groups is 1. The van der Waals surface area contributed by atoms with Crippen molar-refractivity contribution in [2.75, 3.05) is 13.2 Å². The molecule has 2 aliphatic rings. The number of esters is 1. The minimum Gasteiger partial charge on any atom is -0.506 e. The number of hydrogen-bond acceptors (Lipinski definition) is 6. The van der Waals surface area contributed by atoms with E-state index in [1.165, 1.54) is 0 Å². The Hall–Kier alpha value is -2.80. The van der Waals surface area contributed by atoms with Crippen LogP contribution in [0.4, 0.5) is 0 Å². The summed E-state index contributed by atoms with van der Waals surface area (Å²) in [4.78, 5) is 33.1. The first-order valence-electron chi connectivity index (χ1n) is 12.7. The molecular formula is C28H37ClN2O5. The first kappa shape index (κ1) is 27.8. The number of amides is 1. The third kappa shape index (κ3) is 7.36. The molecule has 0 spiro atoms. The van der Waals surface area contributed by atoms with E-state index in [2.05, 4.69) is 11.2 Å². The molecule has 8 heteroatoms. The Morgan fingerprint density at radius 1 is 1.17 bits per heavy atom. The number of phenolic OH excluding ortho intramolecular Hbond substituents is 1. The molecule has 3 rings (SSSR count). The van der Waals surface area contributed by atoms with Crippen LogP contribution in [0.1, 0.15) is 87.2 Å². The zero-order valence-electron chi connectivity index (χ0n) is 21.6. The summed E-state index contributed by atoms with van der Waals surface area (Å²) >= 11 is 6.54. The fraction of sp³-hybridized carbons (Fsp3) is 0.536. The normalized spacial score (nSPS) is 20.0. The van der Waals surface area contributed by atoms with Crippen molar-refractivity contribution < 1.29 is 24.3 Å². The highest BCUT2D eigenvalue weighted by Crippen LogP contribution is 2.46. The van der Waals surface area contributed by atoms with Crippen LogP contribution >= 0.6 is 11.6 Å². The molecule has 1 heterocycles. The summed E-state index contributed by atoms with van der Waals surface area (Å²) in [5, 5.41) is 14.9. The SMILES string of the molecule is CC(C)N(C(=O)CO/N=C1/C=C/CC/C=C/CCOC(=O)c2c(C3CC3)cc(O)c(Cl)c2C1)C(C)C. The minimum absolute atomic E-state index is 0.0385. The molecule has 1 aliphatic heterocycles. The van der Waals surface area contributed by atoms with Crippen LogP contribution in [0.3, 0.4) is 0 Å². The van der Waals surface area contributed by atoms with Gasteiger partial charge in [0.05, 0.1) is 22.9 Å². The van der Waals surface area contributed by atoms with E-state index in [-0.39, 0.29) is 54.3 Å². The van der Waals surface area contributed by atoms with Crippen LogP contribution in [-0.2, 0) is 20.8 Å². The zero-order valence-corrected chi connectivity index (χ0v) is 22.4. The summed E-state index contributed by atoms with van der Waals surface area (Å²) in [6, 6.07) is 1.66. The lowest BCUT2D eigenvalue weighted by molar-refractivity contribution is -0.139. The van der Waals surface area contributed by atoms with E-state index >= 15 is 0 Å². The van der Waals surface area contributed by atoms with Gasteiger partial charge in [-0.2, -0.15) is 0 Å². The van der Waals surface area contributed by atoms with Crippen molar-refractivity contribution in [2.24, 2.45) is 5.16 Å². The number of fused-ring (bicyclic) bond motifs is 1. The summed E-state index contributed by atoms with van der Waals surface area (Å²) in [7, 11) is 0. The van der Waals surface area contributed by atoms with Crippen LogP contribution in [0.15, 0.2) is 35.5 Å². The average Bonchev–Trinajstić information content (AvgIpc) is 3.64. The number of cyclic esters (lactones) is 1. The van der Waals surface area contributed by atoms with E-state index in [0.717, 1.165) is 31.2 Å². The second kappa shape index (κ2) is 12.9. The van der Waals surface area contributed by atoms with E-state index in [0.29, 0.717) is 23.3 Å². The summed E-state index contributed by atoms with van der Waals surface area (Å²) in [6.07, 6.45) is 12.1. The average molecular weight is 517 g/mol. The van der Waals surface area contributed by atoms with E-state index in [1.807, 2.05) is 45.9 Å². The predicted octanol–water partition coefficient (Wildman–Crippen LogP) is 5.94. The van der Waals surface area contributed by atoms with Gasteiger partial charge in [0, 0.05) is 18.5 Å². The van der Waals surface area contributed by atoms with E-state index in [4.69, 9.17) is 21.2 Å². The van der Waals surface area contributed by atoms with Crippen molar-refractivity contribution in [3.8, 4) is 5.75 Å². The summed E-state index contributed by atoms with van der Waals surface area (Å²) in [5.41, 5.74) is 2.10. The molecule has 1 aliphatic carbocycles. The topological polar surface area (TPSA) is 88.4 Å². The van der Waals surface area contributed by atoms with E-state index in [1.54, 1.807) is 11.0 Å². The van der Waals surface area contributed by atoms with Crippen molar-refractivity contribution >= 4 is 29.2 Å². The molecule has 196 valence electrons. The van der Waals surface area contributed by atoms with Crippen LogP contribution < -0.4 is 0 Å². The largest absolute Gasteiger partial charge is 0.506 e. The highest BCUT2D eigenvalue weighted by atomic mass is 35.5. The van der Waals surface area contributed by atoms with Crippen molar-refractivity contribution in [3.05, 3.63) is 52.1 Å². The molecule has 1 aromatic carbocycles. The summed E-state index contributed by atoms with van der Waals surface area (Å²) in [6.45, 7) is 7.90. The first-order chi connectivity index (χ1) is 17.2. The van der Waals surface area contributed by atoms with Gasteiger partial charge in [0.25, 0.3) is 5.91 Å². The number of oxime groups is 1. The second-order valence-electron chi connectivity index (χ2n) is 9.82. The van der Waals surface area contributed by atoms with Crippen LogP contribution in [0.25, 0.3) is 0 Å². The number of halogens is 1. The molecular weight excluding hydrogens is 480 g/mol. The third-order valence-electron chi connectivity index (χ3n) is 6.22. The molecule has 1 aromatic rings. The van der Waals surface area contributed by atoms with E-state index < -0.39 is 5.97 Å². The van der Waals surface area contributed by atoms with Crippen molar-refractivity contribution in [1.29, 1.82) is 0 Å². The molecule has 1 N–H and O–H groups in total. The molecule has 0 atom stereocenters. The Kier molecular flexibility index (Phi) is 9.99. The van der Waals surface area contributed by atoms with Crippen molar-refractivity contribution in [3.63, 3.8) is 0 Å². The summed E-state index contributed by atoms with van der Waals surface area (Å²) in [5.74, 6) is -0.493. The molecule has 0 radical (unpaired) electrons. The van der Waals surface area contributed by atoms with Gasteiger partial charge in [0.15, 0.2) is 6.61 Å². The van der Waals surface area contributed by atoms with Gasteiger partial charge < -0.3 is 19.6 Å². The lowest BCUT2D eigenvalue weighted by Gasteiger charge is -2.30. The van der Waals surface area contributed by atoms with Gasteiger partial charge in [-0.15, -0.1) is 0 Å². The monoisotopic (exact) mass is 516 g/mol. The van der Waals surface area contributed by atoms with Gasteiger partial charge in [-0.3, -0.25) is 4.79 Å². The first-order valence-corrected chi connectivity index (χ1v) is 13.1. The van der Waals surface area contributed by atoms with Crippen LogP contribution in [0.5, 0.6) is 5.75 Å². The molecule has 0 saturated heterocycles. The Balaban J connectivity index is 1.95. The number of carbonyl (C=O) groups is 2. The highest BCUT2D eigenvalue weighted by Gasteiger charge is 2.33. The second-order valence-corrected chi connectivity index (χ2v) is 10.2. The van der Waals surface area contributed by atoms with Gasteiger partial charge in [-0.25, -0.2) is 4.79 Å². The number of allylic oxidation sites excluding steroid dienone is 3. The molecule has 1 fully saturated rings. The fourth-order valence-corrected chi connectivity index (χ4v) is 4.72. The van der Waals surface area contributed by atoms with Crippen molar-refractivity contribution in [2.45, 2.75) is 84.2 Å². The Morgan fingerprint density at radius 2 is 1.83 bits per heavy atom. The molecule has 7 nitrogen and oxygen atoms in total. The van der Waals surface area contributed by atoms with Crippen LogP contribution in [0.2, 0.25) is 5.02 Å². The lowest BCUT2D eigenvalue weighted by atomic mass is 9.93. The number of hydrogen-bond donors (Lipinski definition) is 1. The van der Waals surface area contributed by atoms with Crippen molar-refractivity contribution in [1.82, 2.24) is 4.90 Å². The lowest BCUT2D eigenvalue weighted by Crippen LogP contribution is -2.43. The van der Waals surface area contributed by atoms with Gasteiger partial charge in [-0.05, 0) is 89.0 Å². The summed E-state index contributed by atoms with van der Waals surface area (Å²) < 4.78 is 5.58. The minimum atomic E-state index is -0.455. The number of nitrogens with zero attached hydrogens (tertiary/aromatic N) is 2. The molecule has 1 amide bonds. The predicted molar refractivity (Wildman–Crippen MR) is 142 cm³/mol. The van der Waals surface area contributed by atoms with E-state index in [9.17, 15) is 14.7 Å². The van der Waals surface area contributed by atoms with Gasteiger partial charge >= 0.3 is 5.97 Å². The number of ether oxygens (including phenoxy) is 1. The number of benzene rings is 1. The van der Waals surface area contributed by atoms with Crippen LogP contribution in [0, 0.1) is 0 Å². The molecule has 0 aromatic heterocycles. The Morgan fingerprint density at radius 3 is 2.50 bits per heavy atom. The maximum atomic E-state index is 13.2. The number of phenols is 1. The molecule has 1 saturated carbocycles. The molecule has 0 unspecified atom stereocenters. The van der Waals surface area contributed by atoms with Crippen LogP contribution in [-0.4, -0.2) is 52.9 Å². The number of rotatable bonds is 6. The van der Waals surface area contributed by atoms with Gasteiger partial charge in [0.2, 0.25) is 0 Å². The Bertz CT molecular complexity index is 1030. The molecule has 0 bridgehead atoms.